The predicted octanol–water partition coefficient (Wildman–Crippen LogP) is 1.26. The second-order valence-electron chi connectivity index (χ2n) is 3.06. The van der Waals surface area contributed by atoms with Crippen LogP contribution in [0, 0.1) is 0 Å². The van der Waals surface area contributed by atoms with Gasteiger partial charge in [0.1, 0.15) is 0 Å². The van der Waals surface area contributed by atoms with Crippen LogP contribution in [0.1, 0.15) is 0 Å². The van der Waals surface area contributed by atoms with Crippen molar-refractivity contribution in [2.75, 3.05) is 6.54 Å². The Balaban J connectivity index is 2.64. The van der Waals surface area contributed by atoms with Gasteiger partial charge in [-0.15, -0.1) is 0 Å². The normalized spacial score (nSPS) is 11.8. The van der Waals surface area contributed by atoms with E-state index in [1.54, 1.807) is 24.3 Å². The van der Waals surface area contributed by atoms with Crippen molar-refractivity contribution in [1.29, 1.82) is 0 Å². The molecule has 0 bridgehead atoms. The van der Waals surface area contributed by atoms with Crippen LogP contribution < -0.4 is 5.32 Å². The van der Waals surface area contributed by atoms with Crippen LogP contribution in [0.4, 0.5) is 4.79 Å². The van der Waals surface area contributed by atoms with Crippen molar-refractivity contribution < 1.29 is 18.3 Å². The molecule has 0 aliphatic rings. The molecule has 0 radical (unpaired) electrons. The number of nitrogens with one attached hydrogen (secondary N) is 1. The van der Waals surface area contributed by atoms with Crippen LogP contribution in [0.25, 0.3) is 0 Å². The van der Waals surface area contributed by atoms with E-state index >= 15 is 0 Å². The molecule has 2 N–H and O–H groups in total. The number of carbonyl (C=O) groups is 1. The fourth-order valence-electron chi connectivity index (χ4n) is 1.10. The number of hydrogen-bond donors (Lipinski definition) is 2. The number of hydrogen-bond acceptors (Lipinski definition) is 3. The summed E-state index contributed by atoms with van der Waals surface area (Å²) in [6, 6.07) is 6.64. The number of amides is 1. The Morgan fingerprint density at radius 3 is 2.65 bits per heavy atom. The molecule has 94 valence electrons. The van der Waals surface area contributed by atoms with Gasteiger partial charge >= 0.3 is 114 Å². The molecule has 5 nitrogen and oxygen atoms in total. The van der Waals surface area contributed by atoms with Crippen LogP contribution in [0.15, 0.2) is 33.6 Å². The van der Waals surface area contributed by atoms with Gasteiger partial charge in [0, 0.05) is 0 Å². The topological polar surface area (TPSA) is 83.5 Å². The summed E-state index contributed by atoms with van der Waals surface area (Å²) < 4.78 is 24.4. The van der Waals surface area contributed by atoms with E-state index in [0.717, 1.165) is 0 Å². The second kappa shape index (κ2) is 6.42. The molecular weight excluding hydrogens is 373 g/mol. The van der Waals surface area contributed by atoms with Crippen molar-refractivity contribution in [2.24, 2.45) is 0 Å². The average molecular weight is 384 g/mol. The maximum atomic E-state index is 11.9. The van der Waals surface area contributed by atoms with E-state index in [9.17, 15) is 13.2 Å². The Bertz CT molecular complexity index is 505. The molecule has 0 aromatic heterocycles. The Kier molecular flexibility index (Phi) is 5.49. The summed E-state index contributed by atoms with van der Waals surface area (Å²) in [5.74, 6) is 0. The van der Waals surface area contributed by atoms with Gasteiger partial charge in [0.05, 0.1) is 0 Å². The maximum absolute atomic E-state index is 11.9. The molecule has 1 unspecified atom stereocenters. The number of benzene rings is 1. The molecule has 17 heavy (non-hydrogen) atoms. The third-order valence-corrected chi connectivity index (χ3v) is 9.88. The van der Waals surface area contributed by atoms with E-state index < -0.39 is 28.8 Å². The van der Waals surface area contributed by atoms with Crippen molar-refractivity contribution in [3.63, 3.8) is 0 Å². The Morgan fingerprint density at radius 1 is 1.41 bits per heavy atom. The molecule has 1 rings (SSSR count). The van der Waals surface area contributed by atoms with Gasteiger partial charge in [0.2, 0.25) is 0 Å². The molecule has 0 saturated heterocycles. The van der Waals surface area contributed by atoms with Crippen LogP contribution in [0.3, 0.4) is 0 Å². The van der Waals surface area contributed by atoms with Crippen LogP contribution >= 0.6 is 15.9 Å². The van der Waals surface area contributed by atoms with E-state index in [2.05, 4.69) is 21.2 Å². The molecule has 0 fully saturated rings. The van der Waals surface area contributed by atoms with E-state index in [1.807, 2.05) is 0 Å². The standard InChI is InChI=1S/C9H11AsBrNO4S/c11-7-3-1-2-4-8(7)17(15,16)10-5-6-12-9(13)14/h1-4,10,12H,5-6H2,(H,13,14). The van der Waals surface area contributed by atoms with Gasteiger partial charge in [-0.05, 0) is 0 Å². The minimum atomic E-state index is -3.24. The Hall–Kier alpha value is -0.522. The van der Waals surface area contributed by atoms with Crippen molar-refractivity contribution >= 4 is 44.7 Å². The first-order chi connectivity index (χ1) is 7.93. The molecule has 0 saturated carbocycles. The van der Waals surface area contributed by atoms with Crippen LogP contribution in [-0.4, -0.2) is 40.8 Å². The van der Waals surface area contributed by atoms with Gasteiger partial charge < -0.3 is 0 Å². The zero-order valence-electron chi connectivity index (χ0n) is 8.68. The first-order valence-electron chi connectivity index (χ1n) is 4.64. The van der Waals surface area contributed by atoms with Crippen molar-refractivity contribution in [2.45, 2.75) is 10.1 Å². The first-order valence-corrected chi connectivity index (χ1v) is 11.0. The molecule has 0 aliphatic carbocycles. The average Bonchev–Trinajstić information content (AvgIpc) is 2.24. The summed E-state index contributed by atoms with van der Waals surface area (Å²) in [5.41, 5.74) is 0. The van der Waals surface area contributed by atoms with Gasteiger partial charge in [-0.25, -0.2) is 0 Å². The summed E-state index contributed by atoms with van der Waals surface area (Å²) >= 11 is 1.92. The van der Waals surface area contributed by atoms with Crippen LogP contribution in [-0.2, 0) is 8.10 Å². The van der Waals surface area contributed by atoms with E-state index in [0.29, 0.717) is 9.68 Å². The second-order valence-corrected chi connectivity index (χ2v) is 11.9. The molecule has 1 aromatic rings. The monoisotopic (exact) mass is 383 g/mol. The summed E-state index contributed by atoms with van der Waals surface area (Å²) in [6.07, 6.45) is -1.13. The fraction of sp³-hybridized carbons (Fsp3) is 0.222. The first kappa shape index (κ1) is 14.5. The number of carboxylic acid groups (broad SMARTS) is 1. The zero-order chi connectivity index (χ0) is 12.9. The van der Waals surface area contributed by atoms with Crippen molar-refractivity contribution in [3.05, 3.63) is 28.7 Å². The third-order valence-electron chi connectivity index (χ3n) is 1.82. The zero-order valence-corrected chi connectivity index (χ0v) is 13.2. The van der Waals surface area contributed by atoms with Gasteiger partial charge in [-0.1, -0.05) is 0 Å². The summed E-state index contributed by atoms with van der Waals surface area (Å²) in [5, 5.41) is 10.9. The molecular formula is C9H11AsBrNO4S. The number of halogens is 1. The van der Waals surface area contributed by atoms with E-state index in [1.165, 1.54) is 0 Å². The number of rotatable bonds is 5. The molecule has 0 aliphatic heterocycles. The SMILES string of the molecule is O=C(O)NCC[AsH]S(=O)(=O)c1ccccc1Br. The quantitative estimate of drug-likeness (QED) is 0.592. The summed E-state index contributed by atoms with van der Waals surface area (Å²) in [6.45, 7) is 0.180. The predicted molar refractivity (Wildman–Crippen MR) is 69.3 cm³/mol. The minimum absolute atomic E-state index is 0.180. The third kappa shape index (κ3) is 4.69. The molecule has 1 aromatic carbocycles. The van der Waals surface area contributed by atoms with E-state index in [-0.39, 0.29) is 11.4 Å². The fourth-order valence-corrected chi connectivity index (χ4v) is 8.76. The van der Waals surface area contributed by atoms with Crippen molar-refractivity contribution in [3.8, 4) is 0 Å². The van der Waals surface area contributed by atoms with Crippen molar-refractivity contribution in [1.82, 2.24) is 5.32 Å². The molecule has 1 amide bonds. The van der Waals surface area contributed by atoms with Gasteiger partial charge in [0.25, 0.3) is 0 Å². The van der Waals surface area contributed by atoms with Crippen LogP contribution in [0.5, 0.6) is 0 Å². The Morgan fingerprint density at radius 2 is 2.06 bits per heavy atom. The summed E-state index contributed by atoms with van der Waals surface area (Å²) in [7, 11) is -3.24. The van der Waals surface area contributed by atoms with Gasteiger partial charge in [-0.3, -0.25) is 0 Å². The van der Waals surface area contributed by atoms with Gasteiger partial charge in [0.15, 0.2) is 0 Å². The van der Waals surface area contributed by atoms with Crippen LogP contribution in [0.2, 0.25) is 5.21 Å². The molecule has 0 spiro atoms. The molecule has 8 heteroatoms. The molecule has 1 atom stereocenters. The van der Waals surface area contributed by atoms with Gasteiger partial charge in [-0.2, -0.15) is 0 Å². The Labute approximate surface area is 113 Å². The molecule has 0 heterocycles. The van der Waals surface area contributed by atoms with E-state index in [4.69, 9.17) is 5.11 Å². The summed E-state index contributed by atoms with van der Waals surface area (Å²) in [4.78, 5) is 10.5.